The van der Waals surface area contributed by atoms with Gasteiger partial charge in [-0.3, -0.25) is 4.99 Å². The maximum Gasteiger partial charge on any atom is 0.123 e. The second-order valence-electron chi connectivity index (χ2n) is 3.91. The second kappa shape index (κ2) is 6.26. The van der Waals surface area contributed by atoms with Crippen LogP contribution in [0.4, 0.5) is 5.69 Å². The molecule has 0 spiro atoms. The number of aromatic nitrogens is 1. The van der Waals surface area contributed by atoms with E-state index in [-0.39, 0.29) is 0 Å². The van der Waals surface area contributed by atoms with Gasteiger partial charge in [-0.2, -0.15) is 0 Å². The third-order valence-corrected chi connectivity index (χ3v) is 6.39. The highest BCUT2D eigenvalue weighted by molar-refractivity contribution is 9.14. The Labute approximate surface area is 134 Å². The first-order valence-corrected chi connectivity index (χ1v) is 8.53. The lowest BCUT2D eigenvalue weighted by atomic mass is 9.98. The minimum absolute atomic E-state index is 0.766. The first-order chi connectivity index (χ1) is 8.09. The summed E-state index contributed by atoms with van der Waals surface area (Å²) in [6.45, 7) is 0. The van der Waals surface area contributed by atoms with E-state index >= 15 is 0 Å². The molecular formula is C11H10Br4N2. The van der Waals surface area contributed by atoms with Gasteiger partial charge in [0, 0.05) is 5.71 Å². The van der Waals surface area contributed by atoms with Crippen LogP contribution < -0.4 is 0 Å². The molecule has 0 aromatic carbocycles. The summed E-state index contributed by atoms with van der Waals surface area (Å²) in [5.74, 6) is 0. The van der Waals surface area contributed by atoms with Crippen molar-refractivity contribution >= 4 is 75.1 Å². The predicted molar refractivity (Wildman–Crippen MR) is 85.2 cm³/mol. The van der Waals surface area contributed by atoms with E-state index in [1.54, 1.807) is 0 Å². The van der Waals surface area contributed by atoms with E-state index < -0.39 is 0 Å². The number of hydrogen-bond acceptors (Lipinski definition) is 2. The fourth-order valence-corrected chi connectivity index (χ4v) is 3.79. The zero-order chi connectivity index (χ0) is 12.4. The van der Waals surface area contributed by atoms with E-state index in [0.717, 1.165) is 36.7 Å². The summed E-state index contributed by atoms with van der Waals surface area (Å²) in [7, 11) is 0. The molecule has 0 aliphatic heterocycles. The van der Waals surface area contributed by atoms with Crippen LogP contribution in [0.5, 0.6) is 0 Å². The van der Waals surface area contributed by atoms with Crippen LogP contribution in [-0.2, 0) is 0 Å². The number of halogens is 4. The molecule has 1 aliphatic carbocycles. The van der Waals surface area contributed by atoms with Crippen molar-refractivity contribution in [1.29, 1.82) is 0 Å². The molecule has 0 atom stereocenters. The zero-order valence-corrected chi connectivity index (χ0v) is 15.3. The largest absolute Gasteiger partial charge is 0.255 e. The highest BCUT2D eigenvalue weighted by atomic mass is 79.9. The maximum atomic E-state index is 4.76. The van der Waals surface area contributed by atoms with Gasteiger partial charge in [-0.15, -0.1) is 0 Å². The standard InChI is InChI=1S/C11H10Br4N2/c12-7-9(8(13)11(15)17-10(7)14)16-6-4-2-1-3-5-6/h1-5H2. The van der Waals surface area contributed by atoms with Crippen LogP contribution in [0.2, 0.25) is 0 Å². The zero-order valence-electron chi connectivity index (χ0n) is 8.94. The molecule has 1 aromatic heterocycles. The van der Waals surface area contributed by atoms with Crippen molar-refractivity contribution in [3.8, 4) is 0 Å². The molecule has 0 N–H and O–H groups in total. The van der Waals surface area contributed by atoms with E-state index in [1.807, 2.05) is 0 Å². The van der Waals surface area contributed by atoms with Crippen LogP contribution in [0.15, 0.2) is 23.1 Å². The lowest BCUT2D eigenvalue weighted by molar-refractivity contribution is 0.667. The van der Waals surface area contributed by atoms with Gasteiger partial charge in [-0.25, -0.2) is 4.98 Å². The summed E-state index contributed by atoms with van der Waals surface area (Å²) in [6.07, 6.45) is 6.04. The molecule has 17 heavy (non-hydrogen) atoms. The summed E-state index contributed by atoms with van der Waals surface area (Å²) in [5.41, 5.74) is 2.19. The third-order valence-electron chi connectivity index (χ3n) is 2.67. The molecule has 0 unspecified atom stereocenters. The van der Waals surface area contributed by atoms with Crippen LogP contribution >= 0.6 is 63.7 Å². The van der Waals surface area contributed by atoms with Crippen molar-refractivity contribution in [3.05, 3.63) is 18.2 Å². The van der Waals surface area contributed by atoms with Crippen molar-refractivity contribution in [2.45, 2.75) is 32.1 Å². The van der Waals surface area contributed by atoms with E-state index in [0.29, 0.717) is 0 Å². The van der Waals surface area contributed by atoms with E-state index in [9.17, 15) is 0 Å². The molecule has 1 heterocycles. The molecule has 1 aromatic rings. The van der Waals surface area contributed by atoms with E-state index in [2.05, 4.69) is 68.7 Å². The number of aliphatic imine (C=N–C) groups is 1. The summed E-state index contributed by atoms with van der Waals surface area (Å²) in [6, 6.07) is 0. The molecule has 1 fully saturated rings. The second-order valence-corrected chi connectivity index (χ2v) is 7.00. The maximum absolute atomic E-state index is 4.76. The predicted octanol–water partition coefficient (Wildman–Crippen LogP) is 6.17. The lowest BCUT2D eigenvalue weighted by Crippen LogP contribution is -2.04. The van der Waals surface area contributed by atoms with E-state index in [1.165, 1.54) is 25.0 Å². The lowest BCUT2D eigenvalue weighted by Gasteiger charge is -2.14. The van der Waals surface area contributed by atoms with Crippen molar-refractivity contribution in [1.82, 2.24) is 4.98 Å². The average molecular weight is 490 g/mol. The Hall–Kier alpha value is 0.740. The molecule has 1 aliphatic rings. The van der Waals surface area contributed by atoms with Gasteiger partial charge in [-0.1, -0.05) is 6.42 Å². The third kappa shape index (κ3) is 3.39. The van der Waals surface area contributed by atoms with Crippen molar-refractivity contribution < 1.29 is 0 Å². The van der Waals surface area contributed by atoms with Crippen molar-refractivity contribution in [2.24, 2.45) is 4.99 Å². The van der Waals surface area contributed by atoms with E-state index in [4.69, 9.17) is 4.99 Å². The van der Waals surface area contributed by atoms with Gasteiger partial charge in [0.15, 0.2) is 0 Å². The fourth-order valence-electron chi connectivity index (χ4n) is 1.80. The number of pyridine rings is 1. The summed E-state index contributed by atoms with van der Waals surface area (Å²) in [5, 5.41) is 0. The Morgan fingerprint density at radius 3 is 1.88 bits per heavy atom. The molecule has 6 heteroatoms. The molecule has 0 saturated heterocycles. The number of hydrogen-bond donors (Lipinski definition) is 0. The Bertz CT molecular complexity index is 437. The Balaban J connectivity index is 2.43. The Morgan fingerprint density at radius 1 is 0.824 bits per heavy atom. The Morgan fingerprint density at radius 2 is 1.35 bits per heavy atom. The van der Waals surface area contributed by atoms with Crippen molar-refractivity contribution in [2.75, 3.05) is 0 Å². The highest BCUT2D eigenvalue weighted by Crippen LogP contribution is 2.42. The fraction of sp³-hybridized carbons (Fsp3) is 0.455. The summed E-state index contributed by atoms with van der Waals surface area (Å²) >= 11 is 13.9. The van der Waals surface area contributed by atoms with Crippen LogP contribution in [0.1, 0.15) is 32.1 Å². The molecule has 0 amide bonds. The summed E-state index contributed by atoms with van der Waals surface area (Å²) < 4.78 is 3.32. The van der Waals surface area contributed by atoms with Gasteiger partial charge in [0.2, 0.25) is 0 Å². The smallest absolute Gasteiger partial charge is 0.123 e. The minimum Gasteiger partial charge on any atom is -0.255 e. The molecule has 2 rings (SSSR count). The summed E-state index contributed by atoms with van der Waals surface area (Å²) in [4.78, 5) is 9.06. The quantitative estimate of drug-likeness (QED) is 0.433. The molecule has 92 valence electrons. The molecule has 0 radical (unpaired) electrons. The van der Waals surface area contributed by atoms with Gasteiger partial charge in [0.25, 0.3) is 0 Å². The van der Waals surface area contributed by atoms with Crippen LogP contribution in [-0.4, -0.2) is 10.7 Å². The van der Waals surface area contributed by atoms with Crippen molar-refractivity contribution in [3.63, 3.8) is 0 Å². The molecule has 2 nitrogen and oxygen atoms in total. The molecule has 0 bridgehead atoms. The van der Waals surface area contributed by atoms with Gasteiger partial charge < -0.3 is 0 Å². The minimum atomic E-state index is 0.766. The van der Waals surface area contributed by atoms with Gasteiger partial charge >= 0.3 is 0 Å². The SMILES string of the molecule is Brc1nc(Br)c(Br)c(N=C2CCCCC2)c1Br. The molecule has 1 saturated carbocycles. The highest BCUT2D eigenvalue weighted by Gasteiger charge is 2.15. The van der Waals surface area contributed by atoms with Gasteiger partial charge in [0.05, 0.1) is 14.6 Å². The topological polar surface area (TPSA) is 25.2 Å². The van der Waals surface area contributed by atoms with Crippen LogP contribution in [0.25, 0.3) is 0 Å². The monoisotopic (exact) mass is 486 g/mol. The van der Waals surface area contributed by atoms with Crippen LogP contribution in [0, 0.1) is 0 Å². The average Bonchev–Trinajstić information content (AvgIpc) is 2.33. The first-order valence-electron chi connectivity index (χ1n) is 5.36. The molecular weight excluding hydrogens is 480 g/mol. The normalized spacial score (nSPS) is 16.1. The van der Waals surface area contributed by atoms with Gasteiger partial charge in [-0.05, 0) is 89.4 Å². The number of nitrogens with zero attached hydrogens (tertiary/aromatic N) is 2. The Kier molecular flexibility index (Phi) is 5.21. The van der Waals surface area contributed by atoms with Gasteiger partial charge in [0.1, 0.15) is 9.21 Å². The first kappa shape index (κ1) is 14.2. The van der Waals surface area contributed by atoms with Crippen LogP contribution in [0.3, 0.4) is 0 Å². The number of rotatable bonds is 1.